The average molecular weight is 534 g/mol. The largest absolute Gasteiger partial charge is 0.492 e. The second-order valence-corrected chi connectivity index (χ2v) is 10.5. The highest BCUT2D eigenvalue weighted by molar-refractivity contribution is 7.08. The summed E-state index contributed by atoms with van der Waals surface area (Å²) >= 11 is 1.66. The van der Waals surface area contributed by atoms with E-state index >= 15 is 0 Å². The molecule has 4 N–H and O–H groups in total. The van der Waals surface area contributed by atoms with Crippen LogP contribution in [0.15, 0.2) is 59.3 Å². The van der Waals surface area contributed by atoms with Crippen molar-refractivity contribution in [1.82, 2.24) is 9.80 Å². The fourth-order valence-electron chi connectivity index (χ4n) is 4.94. The van der Waals surface area contributed by atoms with Gasteiger partial charge in [-0.15, -0.1) is 0 Å². The number of hydrogen-bond acceptors (Lipinski definition) is 8. The molecule has 2 aliphatic heterocycles. The second kappa shape index (κ2) is 14.1. The summed E-state index contributed by atoms with van der Waals surface area (Å²) in [5.41, 5.74) is 10.7. The number of nitrogens with two attached hydrogens (primary N) is 1. The number of thiophene rings is 1. The summed E-state index contributed by atoms with van der Waals surface area (Å²) in [5, 5.41) is 15.6. The zero-order chi connectivity index (χ0) is 26.7. The van der Waals surface area contributed by atoms with E-state index in [9.17, 15) is 4.79 Å². The fraction of sp³-hybridized carbons (Fsp3) is 0.400. The van der Waals surface area contributed by atoms with Gasteiger partial charge in [-0.05, 0) is 117 Å². The van der Waals surface area contributed by atoms with Gasteiger partial charge in [0.05, 0.1) is 11.8 Å². The highest BCUT2D eigenvalue weighted by Crippen LogP contribution is 2.25. The van der Waals surface area contributed by atoms with Gasteiger partial charge in [0.25, 0.3) is 0 Å². The number of rotatable bonds is 10. The number of likely N-dealkylation sites (tertiary alicyclic amines) is 2. The van der Waals surface area contributed by atoms with Gasteiger partial charge in [-0.25, -0.2) is 0 Å². The van der Waals surface area contributed by atoms with E-state index in [2.05, 4.69) is 20.5 Å². The Labute approximate surface area is 230 Å². The normalized spacial score (nSPS) is 16.4. The van der Waals surface area contributed by atoms with E-state index in [-0.39, 0.29) is 6.04 Å². The first kappa shape index (κ1) is 27.8. The summed E-state index contributed by atoms with van der Waals surface area (Å²) in [4.78, 5) is 15.6. The van der Waals surface area contributed by atoms with Gasteiger partial charge in [-0.2, -0.15) is 11.3 Å². The van der Waals surface area contributed by atoms with Crippen molar-refractivity contribution in [3.8, 4) is 5.75 Å². The third kappa shape index (κ3) is 7.43. The number of nitrogen functional groups attached to an aromatic ring is 1. The summed E-state index contributed by atoms with van der Waals surface area (Å²) < 4.78 is 5.82. The molecule has 1 atom stereocenters. The molecule has 1 unspecified atom stereocenters. The van der Waals surface area contributed by atoms with E-state index in [1.54, 1.807) is 11.3 Å². The van der Waals surface area contributed by atoms with Crippen molar-refractivity contribution < 1.29 is 9.53 Å². The Morgan fingerprint density at radius 1 is 1.08 bits per heavy atom. The van der Waals surface area contributed by atoms with Gasteiger partial charge in [-0.1, -0.05) is 0 Å². The highest BCUT2D eigenvalue weighted by atomic mass is 32.1. The first-order valence-corrected chi connectivity index (χ1v) is 14.4. The molecule has 8 heteroatoms. The molecule has 2 aliphatic rings. The quantitative estimate of drug-likeness (QED) is 0.186. The molecule has 3 aromatic rings. The summed E-state index contributed by atoms with van der Waals surface area (Å²) in [5.74, 6) is 0.840. The van der Waals surface area contributed by atoms with Crippen molar-refractivity contribution in [3.63, 3.8) is 0 Å². The zero-order valence-corrected chi connectivity index (χ0v) is 23.0. The van der Waals surface area contributed by atoms with Gasteiger partial charge >= 0.3 is 0 Å². The predicted molar refractivity (Wildman–Crippen MR) is 158 cm³/mol. The number of anilines is 2. The smallest absolute Gasteiger partial charge is 0.141 e. The number of benzene rings is 2. The molecule has 0 saturated carbocycles. The minimum absolute atomic E-state index is 0.00810. The van der Waals surface area contributed by atoms with Crippen LogP contribution in [-0.2, 0) is 4.79 Å². The molecular formula is C30H39N5O2S. The molecule has 0 aliphatic carbocycles. The van der Waals surface area contributed by atoms with Crippen LogP contribution in [0.25, 0.3) is 0 Å². The van der Waals surface area contributed by atoms with Crippen molar-refractivity contribution in [1.29, 1.82) is 5.41 Å². The Morgan fingerprint density at radius 2 is 1.79 bits per heavy atom. The number of nitrogens with zero attached hydrogens (tertiary/aromatic N) is 2. The third-order valence-corrected chi connectivity index (χ3v) is 7.88. The van der Waals surface area contributed by atoms with Crippen LogP contribution in [0.5, 0.6) is 5.75 Å². The van der Waals surface area contributed by atoms with Crippen molar-refractivity contribution in [2.75, 3.05) is 57.4 Å². The van der Waals surface area contributed by atoms with Crippen LogP contribution in [0.1, 0.15) is 48.4 Å². The fourth-order valence-corrected chi connectivity index (χ4v) is 5.63. The monoisotopic (exact) mass is 533 g/mol. The molecule has 2 fully saturated rings. The molecule has 202 valence electrons. The van der Waals surface area contributed by atoms with E-state index in [1.807, 2.05) is 61.0 Å². The van der Waals surface area contributed by atoms with Crippen LogP contribution in [0.3, 0.4) is 0 Å². The van der Waals surface area contributed by atoms with Gasteiger partial charge in [0.1, 0.15) is 18.6 Å². The van der Waals surface area contributed by atoms with Crippen molar-refractivity contribution in [2.45, 2.75) is 31.7 Å². The van der Waals surface area contributed by atoms with Gasteiger partial charge in [-0.3, -0.25) is 15.2 Å². The van der Waals surface area contributed by atoms with Crippen LogP contribution in [0, 0.1) is 5.41 Å². The Kier molecular flexibility index (Phi) is 10.3. The van der Waals surface area contributed by atoms with E-state index in [0.717, 1.165) is 54.0 Å². The maximum absolute atomic E-state index is 11.0. The number of hydrogen-bond donors (Lipinski definition) is 3. The molecule has 5 rings (SSSR count). The lowest BCUT2D eigenvalue weighted by Gasteiger charge is -2.21. The lowest BCUT2D eigenvalue weighted by atomic mass is 10.0. The minimum atomic E-state index is 0.00810. The zero-order valence-electron chi connectivity index (χ0n) is 22.2. The van der Waals surface area contributed by atoms with E-state index in [4.69, 9.17) is 15.9 Å². The van der Waals surface area contributed by atoms with E-state index in [1.165, 1.54) is 38.8 Å². The molecular weight excluding hydrogens is 494 g/mol. The Hall–Kier alpha value is -3.20. The van der Waals surface area contributed by atoms with E-state index < -0.39 is 0 Å². The summed E-state index contributed by atoms with van der Waals surface area (Å²) in [6, 6.07) is 15.4. The van der Waals surface area contributed by atoms with Gasteiger partial charge in [0.2, 0.25) is 0 Å². The molecule has 2 aromatic carbocycles. The first-order valence-electron chi connectivity index (χ1n) is 13.4. The van der Waals surface area contributed by atoms with E-state index in [0.29, 0.717) is 18.0 Å². The second-order valence-electron chi connectivity index (χ2n) is 9.73. The molecule has 0 bridgehead atoms. The molecule has 7 nitrogen and oxygen atoms in total. The van der Waals surface area contributed by atoms with Crippen LogP contribution in [-0.4, -0.2) is 68.2 Å². The SMILES string of the molecule is CNc1ccc(N)c(C(=N)c2ccc(OCCN3CCCC3)cc2)c1.O=CC(c1ccsc1)N1CCCC1. The van der Waals surface area contributed by atoms with Crippen LogP contribution in [0.2, 0.25) is 0 Å². The summed E-state index contributed by atoms with van der Waals surface area (Å²) in [6.45, 7) is 6.19. The van der Waals surface area contributed by atoms with Gasteiger partial charge < -0.3 is 20.6 Å². The lowest BCUT2D eigenvalue weighted by Crippen LogP contribution is -2.26. The van der Waals surface area contributed by atoms with Crippen LogP contribution < -0.4 is 15.8 Å². The summed E-state index contributed by atoms with van der Waals surface area (Å²) in [7, 11) is 1.85. The molecule has 2 saturated heterocycles. The maximum atomic E-state index is 11.0. The number of carbonyl (C=O) groups is 1. The van der Waals surface area contributed by atoms with Crippen LogP contribution in [0.4, 0.5) is 11.4 Å². The molecule has 0 radical (unpaired) electrons. The lowest BCUT2D eigenvalue weighted by molar-refractivity contribution is -0.112. The molecule has 3 heterocycles. The summed E-state index contributed by atoms with van der Waals surface area (Å²) in [6.07, 6.45) is 6.12. The molecule has 0 amide bonds. The topological polar surface area (TPSA) is 94.7 Å². The Morgan fingerprint density at radius 3 is 2.42 bits per heavy atom. The molecule has 0 spiro atoms. The number of ether oxygens (including phenoxy) is 1. The van der Waals surface area contributed by atoms with Crippen molar-refractivity contribution >= 4 is 34.7 Å². The highest BCUT2D eigenvalue weighted by Gasteiger charge is 2.22. The first-order chi connectivity index (χ1) is 18.6. The van der Waals surface area contributed by atoms with Gasteiger partial charge in [0.15, 0.2) is 0 Å². The maximum Gasteiger partial charge on any atom is 0.141 e. The Balaban J connectivity index is 0.000000216. The molecule has 1 aromatic heterocycles. The average Bonchev–Trinajstić information content (AvgIpc) is 3.75. The predicted octanol–water partition coefficient (Wildman–Crippen LogP) is 5.29. The van der Waals surface area contributed by atoms with Gasteiger partial charge in [0, 0.05) is 36.1 Å². The third-order valence-electron chi connectivity index (χ3n) is 7.18. The van der Waals surface area contributed by atoms with Crippen molar-refractivity contribution in [2.24, 2.45) is 0 Å². The standard InChI is InChI=1S/C20H26N4O.C10H13NOS/c1-23-16-6-9-19(21)18(14-16)20(22)15-4-7-17(8-5-15)25-13-12-24-10-2-3-11-24;12-7-10(9-3-6-13-8-9)11-4-1-2-5-11/h4-9,14,22-23H,2-3,10-13,21H2,1H3;3,6-8,10H,1-2,4-5H2. The Bertz CT molecular complexity index is 1150. The number of nitrogens with one attached hydrogen (secondary N) is 2. The number of carbonyl (C=O) groups excluding carboxylic acids is 1. The van der Waals surface area contributed by atoms with Crippen LogP contribution >= 0.6 is 11.3 Å². The number of aldehydes is 1. The van der Waals surface area contributed by atoms with Crippen molar-refractivity contribution in [3.05, 3.63) is 76.0 Å². The minimum Gasteiger partial charge on any atom is -0.492 e. The molecule has 38 heavy (non-hydrogen) atoms.